The molecule has 1 fully saturated rings. The fourth-order valence-corrected chi connectivity index (χ4v) is 4.83. The largest absolute Gasteiger partial charge is 0.490 e. The van der Waals surface area contributed by atoms with Crippen LogP contribution in [0.25, 0.3) is 6.08 Å². The quantitative estimate of drug-likeness (QED) is 0.242. The van der Waals surface area contributed by atoms with E-state index in [0.29, 0.717) is 44.0 Å². The van der Waals surface area contributed by atoms with Crippen molar-refractivity contribution < 1.29 is 14.3 Å². The normalized spacial score (nSPS) is 14.8. The number of para-hydroxylation sites is 1. The molecular formula is C25H19Cl2NO3S2. The van der Waals surface area contributed by atoms with Gasteiger partial charge >= 0.3 is 0 Å². The topological polar surface area (TPSA) is 38.8 Å². The average molecular weight is 516 g/mol. The van der Waals surface area contributed by atoms with Gasteiger partial charge in [-0.25, -0.2) is 0 Å². The lowest BCUT2D eigenvalue weighted by molar-refractivity contribution is -0.113. The number of hydrogen-bond acceptors (Lipinski definition) is 5. The third kappa shape index (κ3) is 5.53. The molecule has 0 bridgehead atoms. The summed E-state index contributed by atoms with van der Waals surface area (Å²) in [6, 6.07) is 20.3. The van der Waals surface area contributed by atoms with Crippen molar-refractivity contribution >= 4 is 69.2 Å². The van der Waals surface area contributed by atoms with Crippen molar-refractivity contribution in [1.82, 2.24) is 0 Å². The van der Waals surface area contributed by atoms with Crippen molar-refractivity contribution in [3.8, 4) is 11.5 Å². The number of ether oxygens (including phenoxy) is 2. The predicted molar refractivity (Wildman–Crippen MR) is 140 cm³/mol. The van der Waals surface area contributed by atoms with Crippen molar-refractivity contribution in [2.24, 2.45) is 0 Å². The second-order valence-corrected chi connectivity index (χ2v) is 9.52. The van der Waals surface area contributed by atoms with Crippen LogP contribution in [-0.2, 0) is 11.4 Å². The standard InChI is InChI=1S/C25H19Cl2NO3S2/c1-2-30-22-13-16(9-11-21(22)31-15-17-8-10-19(26)20(27)12-17)14-23-24(29)28(25(32)33-23)18-6-4-3-5-7-18/h3-14H,2,15H2,1H3/b23-14+. The van der Waals surface area contributed by atoms with Crippen LogP contribution in [0, 0.1) is 0 Å². The summed E-state index contributed by atoms with van der Waals surface area (Å²) in [5.74, 6) is 1.04. The van der Waals surface area contributed by atoms with E-state index in [-0.39, 0.29) is 5.91 Å². The molecule has 4 rings (SSSR count). The Hall–Kier alpha value is -2.51. The van der Waals surface area contributed by atoms with Crippen LogP contribution in [0.3, 0.4) is 0 Å². The Balaban J connectivity index is 1.54. The van der Waals surface area contributed by atoms with Crippen molar-refractivity contribution in [1.29, 1.82) is 0 Å². The van der Waals surface area contributed by atoms with Crippen molar-refractivity contribution in [3.63, 3.8) is 0 Å². The number of amides is 1. The molecule has 33 heavy (non-hydrogen) atoms. The van der Waals surface area contributed by atoms with Gasteiger partial charge in [0, 0.05) is 0 Å². The highest BCUT2D eigenvalue weighted by molar-refractivity contribution is 8.27. The molecule has 4 nitrogen and oxygen atoms in total. The molecule has 0 saturated carbocycles. The summed E-state index contributed by atoms with van der Waals surface area (Å²) >= 11 is 18.8. The van der Waals surface area contributed by atoms with Gasteiger partial charge in [0.2, 0.25) is 0 Å². The Morgan fingerprint density at radius 3 is 2.48 bits per heavy atom. The number of nitrogens with zero attached hydrogens (tertiary/aromatic N) is 1. The highest BCUT2D eigenvalue weighted by Crippen LogP contribution is 2.37. The molecule has 0 radical (unpaired) electrons. The van der Waals surface area contributed by atoms with Gasteiger partial charge in [0.1, 0.15) is 6.61 Å². The van der Waals surface area contributed by atoms with E-state index in [1.807, 2.05) is 67.6 Å². The van der Waals surface area contributed by atoms with Gasteiger partial charge in [-0.2, -0.15) is 0 Å². The lowest BCUT2D eigenvalue weighted by Gasteiger charge is -2.14. The number of hydrogen-bond donors (Lipinski definition) is 0. The van der Waals surface area contributed by atoms with Gasteiger partial charge in [0.15, 0.2) is 15.8 Å². The van der Waals surface area contributed by atoms with E-state index in [4.69, 9.17) is 44.9 Å². The maximum absolute atomic E-state index is 13.0. The summed E-state index contributed by atoms with van der Waals surface area (Å²) in [5.41, 5.74) is 2.46. The van der Waals surface area contributed by atoms with E-state index in [1.54, 1.807) is 17.0 Å². The minimum atomic E-state index is -0.144. The minimum Gasteiger partial charge on any atom is -0.490 e. The molecule has 3 aromatic carbocycles. The van der Waals surface area contributed by atoms with Crippen molar-refractivity contribution in [2.45, 2.75) is 13.5 Å². The average Bonchev–Trinajstić information content (AvgIpc) is 3.09. The van der Waals surface area contributed by atoms with Crippen LogP contribution in [0.4, 0.5) is 5.69 Å². The van der Waals surface area contributed by atoms with Crippen LogP contribution in [0.1, 0.15) is 18.1 Å². The number of anilines is 1. The molecule has 1 aliphatic rings. The Kier molecular flexibility index (Phi) is 7.60. The fraction of sp³-hybridized carbons (Fsp3) is 0.120. The third-order valence-corrected chi connectivity index (χ3v) is 6.79. The number of thioether (sulfide) groups is 1. The summed E-state index contributed by atoms with van der Waals surface area (Å²) in [6.45, 7) is 2.69. The van der Waals surface area contributed by atoms with E-state index in [9.17, 15) is 4.79 Å². The van der Waals surface area contributed by atoms with E-state index in [0.717, 1.165) is 16.8 Å². The summed E-state index contributed by atoms with van der Waals surface area (Å²) in [7, 11) is 0. The van der Waals surface area contributed by atoms with E-state index in [1.165, 1.54) is 11.8 Å². The smallest absolute Gasteiger partial charge is 0.270 e. The van der Waals surface area contributed by atoms with Crippen LogP contribution in [0.2, 0.25) is 10.0 Å². The van der Waals surface area contributed by atoms with Gasteiger partial charge < -0.3 is 9.47 Å². The second kappa shape index (κ2) is 10.6. The van der Waals surface area contributed by atoms with Crippen LogP contribution in [-0.4, -0.2) is 16.8 Å². The molecule has 0 N–H and O–H groups in total. The molecule has 0 unspecified atom stereocenters. The minimum absolute atomic E-state index is 0.144. The Morgan fingerprint density at radius 2 is 1.76 bits per heavy atom. The van der Waals surface area contributed by atoms with E-state index < -0.39 is 0 Å². The molecule has 168 valence electrons. The van der Waals surface area contributed by atoms with Gasteiger partial charge in [0.25, 0.3) is 5.91 Å². The molecular weight excluding hydrogens is 497 g/mol. The SMILES string of the molecule is CCOc1cc(/C=C2/SC(=S)N(c3ccccc3)C2=O)ccc1OCc1ccc(Cl)c(Cl)c1. The van der Waals surface area contributed by atoms with Gasteiger partial charge in [-0.3, -0.25) is 9.69 Å². The predicted octanol–water partition coefficient (Wildman–Crippen LogP) is 7.38. The lowest BCUT2D eigenvalue weighted by atomic mass is 10.1. The molecule has 0 atom stereocenters. The third-order valence-electron chi connectivity index (χ3n) is 4.75. The zero-order valence-corrected chi connectivity index (χ0v) is 20.7. The van der Waals surface area contributed by atoms with Gasteiger partial charge in [0.05, 0.1) is 27.2 Å². The first-order valence-electron chi connectivity index (χ1n) is 10.1. The molecule has 1 amide bonds. The molecule has 1 heterocycles. The van der Waals surface area contributed by atoms with Crippen LogP contribution >= 0.6 is 47.2 Å². The van der Waals surface area contributed by atoms with Crippen LogP contribution < -0.4 is 14.4 Å². The number of carbonyl (C=O) groups excluding carboxylic acids is 1. The molecule has 1 saturated heterocycles. The second-order valence-electron chi connectivity index (χ2n) is 7.03. The Bertz CT molecular complexity index is 1230. The van der Waals surface area contributed by atoms with Crippen LogP contribution in [0.5, 0.6) is 11.5 Å². The summed E-state index contributed by atoms with van der Waals surface area (Å²) in [4.78, 5) is 15.1. The molecule has 1 aliphatic heterocycles. The zero-order chi connectivity index (χ0) is 23.4. The summed E-state index contributed by atoms with van der Waals surface area (Å²) in [5, 5.41) is 0.975. The molecule has 0 aliphatic carbocycles. The van der Waals surface area contributed by atoms with E-state index >= 15 is 0 Å². The number of benzene rings is 3. The van der Waals surface area contributed by atoms with Gasteiger partial charge in [-0.1, -0.05) is 77.5 Å². The Morgan fingerprint density at radius 1 is 0.970 bits per heavy atom. The number of rotatable bonds is 7. The van der Waals surface area contributed by atoms with E-state index in [2.05, 4.69) is 0 Å². The number of halogens is 2. The monoisotopic (exact) mass is 515 g/mol. The Labute approximate surface area is 212 Å². The molecule has 8 heteroatoms. The van der Waals surface area contributed by atoms with Crippen molar-refractivity contribution in [2.75, 3.05) is 11.5 Å². The maximum atomic E-state index is 13.0. The first-order valence-corrected chi connectivity index (χ1v) is 12.1. The van der Waals surface area contributed by atoms with Crippen molar-refractivity contribution in [3.05, 3.63) is 92.8 Å². The summed E-state index contributed by atoms with van der Waals surface area (Å²) < 4.78 is 12.2. The van der Waals surface area contributed by atoms with Gasteiger partial charge in [-0.15, -0.1) is 0 Å². The number of thiocarbonyl (C=S) groups is 1. The summed E-state index contributed by atoms with van der Waals surface area (Å²) in [6.07, 6.45) is 1.81. The molecule has 0 spiro atoms. The lowest BCUT2D eigenvalue weighted by Crippen LogP contribution is -2.27. The molecule has 3 aromatic rings. The van der Waals surface area contributed by atoms with Crippen LogP contribution in [0.15, 0.2) is 71.6 Å². The highest BCUT2D eigenvalue weighted by Gasteiger charge is 2.33. The molecule has 0 aromatic heterocycles. The highest BCUT2D eigenvalue weighted by atomic mass is 35.5. The fourth-order valence-electron chi connectivity index (χ4n) is 3.21. The zero-order valence-electron chi connectivity index (χ0n) is 17.6. The first kappa shape index (κ1) is 23.6. The van der Waals surface area contributed by atoms with Gasteiger partial charge in [-0.05, 0) is 60.5 Å². The maximum Gasteiger partial charge on any atom is 0.270 e. The number of carbonyl (C=O) groups is 1. The first-order chi connectivity index (χ1) is 16.0.